The van der Waals surface area contributed by atoms with Gasteiger partial charge >= 0.3 is 0 Å². The maximum absolute atomic E-state index is 6.17. The third-order valence-electron chi connectivity index (χ3n) is 4.94. The van der Waals surface area contributed by atoms with E-state index in [1.54, 1.807) is 0 Å². The van der Waals surface area contributed by atoms with Gasteiger partial charge in [-0.05, 0) is 50.4 Å². The summed E-state index contributed by atoms with van der Waals surface area (Å²) in [4.78, 5) is 7.39. The minimum atomic E-state index is 0.497. The second-order valence-corrected chi connectivity index (χ2v) is 6.39. The summed E-state index contributed by atoms with van der Waals surface area (Å²) in [6.07, 6.45) is 3.88. The molecule has 0 aliphatic carbocycles. The quantitative estimate of drug-likeness (QED) is 0.789. The smallest absolute Gasteiger partial charge is 0.125 e. The molecule has 2 aliphatic rings. The fourth-order valence-corrected chi connectivity index (χ4v) is 4.26. The highest BCUT2D eigenvalue weighted by molar-refractivity contribution is 6.16. The largest absolute Gasteiger partial charge is 0.322 e. The van der Waals surface area contributed by atoms with Crippen molar-refractivity contribution in [3.8, 4) is 0 Å². The standard InChI is InChI=1S/C16H20ClN3/c1-11-4-5-12-15(9-11)20(16(10-17)18-12)14-6-8-19-7-2-3-13(14)19/h4-5,9,13-14H,2-3,6-8,10H2,1H3. The average molecular weight is 290 g/mol. The number of alkyl halides is 1. The van der Waals surface area contributed by atoms with Gasteiger partial charge in [-0.3, -0.25) is 4.90 Å². The van der Waals surface area contributed by atoms with Gasteiger partial charge in [0.15, 0.2) is 0 Å². The van der Waals surface area contributed by atoms with Gasteiger partial charge in [-0.1, -0.05) is 6.07 Å². The van der Waals surface area contributed by atoms with E-state index in [0.717, 1.165) is 11.3 Å². The first-order chi connectivity index (χ1) is 9.78. The van der Waals surface area contributed by atoms with Crippen LogP contribution in [0.3, 0.4) is 0 Å². The van der Waals surface area contributed by atoms with E-state index in [1.165, 1.54) is 43.4 Å². The number of nitrogens with zero attached hydrogens (tertiary/aromatic N) is 3. The van der Waals surface area contributed by atoms with Crippen molar-refractivity contribution in [2.75, 3.05) is 13.1 Å². The van der Waals surface area contributed by atoms with Crippen LogP contribution < -0.4 is 0 Å². The first kappa shape index (κ1) is 12.7. The molecule has 20 heavy (non-hydrogen) atoms. The van der Waals surface area contributed by atoms with Gasteiger partial charge in [0, 0.05) is 12.6 Å². The lowest BCUT2D eigenvalue weighted by Gasteiger charge is -2.23. The second-order valence-electron chi connectivity index (χ2n) is 6.13. The SMILES string of the molecule is Cc1ccc2nc(CCl)n(C3CCN4CCCC34)c2c1. The van der Waals surface area contributed by atoms with Crippen molar-refractivity contribution in [3.05, 3.63) is 29.6 Å². The Balaban J connectivity index is 1.87. The summed E-state index contributed by atoms with van der Waals surface area (Å²) >= 11 is 6.17. The van der Waals surface area contributed by atoms with E-state index in [9.17, 15) is 0 Å². The van der Waals surface area contributed by atoms with Crippen LogP contribution in [0.1, 0.15) is 36.7 Å². The molecule has 2 unspecified atom stereocenters. The number of hydrogen-bond acceptors (Lipinski definition) is 2. The Hall–Kier alpha value is -1.06. The van der Waals surface area contributed by atoms with Crippen molar-refractivity contribution >= 4 is 22.6 Å². The lowest BCUT2D eigenvalue weighted by Crippen LogP contribution is -2.28. The number of halogens is 1. The third-order valence-corrected chi connectivity index (χ3v) is 5.18. The van der Waals surface area contributed by atoms with Gasteiger partial charge < -0.3 is 4.57 Å². The molecule has 3 heterocycles. The number of hydrogen-bond donors (Lipinski definition) is 0. The average Bonchev–Trinajstić information content (AvgIpc) is 3.11. The molecule has 4 heteroatoms. The molecule has 0 N–H and O–H groups in total. The van der Waals surface area contributed by atoms with Crippen LogP contribution in [0.5, 0.6) is 0 Å². The molecule has 2 aliphatic heterocycles. The lowest BCUT2D eigenvalue weighted by molar-refractivity contribution is 0.290. The number of benzene rings is 1. The monoisotopic (exact) mass is 289 g/mol. The lowest BCUT2D eigenvalue weighted by atomic mass is 10.1. The molecule has 2 saturated heterocycles. The highest BCUT2D eigenvalue weighted by Gasteiger charge is 2.39. The van der Waals surface area contributed by atoms with Crippen LogP contribution in [-0.4, -0.2) is 33.6 Å². The van der Waals surface area contributed by atoms with Gasteiger partial charge in [0.05, 0.1) is 23.0 Å². The van der Waals surface area contributed by atoms with Gasteiger partial charge in [0.25, 0.3) is 0 Å². The van der Waals surface area contributed by atoms with Crippen LogP contribution >= 0.6 is 11.6 Å². The summed E-state index contributed by atoms with van der Waals surface area (Å²) in [6.45, 7) is 4.64. The Labute approximate surface area is 124 Å². The highest BCUT2D eigenvalue weighted by Crippen LogP contribution is 2.38. The van der Waals surface area contributed by atoms with E-state index >= 15 is 0 Å². The Kier molecular flexibility index (Phi) is 3.00. The molecule has 0 spiro atoms. The van der Waals surface area contributed by atoms with Crippen LogP contribution in [0.15, 0.2) is 18.2 Å². The summed E-state index contributed by atoms with van der Waals surface area (Å²) in [5.41, 5.74) is 3.64. The topological polar surface area (TPSA) is 21.1 Å². The first-order valence-electron chi connectivity index (χ1n) is 7.55. The van der Waals surface area contributed by atoms with Crippen LogP contribution in [-0.2, 0) is 5.88 Å². The summed E-state index contributed by atoms with van der Waals surface area (Å²) < 4.78 is 2.44. The van der Waals surface area contributed by atoms with Crippen molar-refractivity contribution in [1.29, 1.82) is 0 Å². The zero-order chi connectivity index (χ0) is 13.7. The Morgan fingerprint density at radius 3 is 3.00 bits per heavy atom. The van der Waals surface area contributed by atoms with Crippen molar-refractivity contribution < 1.29 is 0 Å². The van der Waals surface area contributed by atoms with Crippen molar-refractivity contribution in [3.63, 3.8) is 0 Å². The van der Waals surface area contributed by atoms with E-state index in [1.807, 2.05) is 0 Å². The molecule has 0 bridgehead atoms. The van der Waals surface area contributed by atoms with E-state index in [-0.39, 0.29) is 0 Å². The first-order valence-corrected chi connectivity index (χ1v) is 8.09. The van der Waals surface area contributed by atoms with Crippen LogP contribution in [0.25, 0.3) is 11.0 Å². The molecule has 0 amide bonds. The maximum atomic E-state index is 6.17. The molecule has 2 fully saturated rings. The second kappa shape index (κ2) is 4.74. The fourth-order valence-electron chi connectivity index (χ4n) is 4.07. The minimum absolute atomic E-state index is 0.497. The molecular formula is C16H20ClN3. The predicted octanol–water partition coefficient (Wildman–Crippen LogP) is 3.49. The molecule has 3 nitrogen and oxygen atoms in total. The Morgan fingerprint density at radius 2 is 2.15 bits per heavy atom. The molecule has 0 saturated carbocycles. The number of imidazole rings is 1. The number of fused-ring (bicyclic) bond motifs is 2. The summed E-state index contributed by atoms with van der Waals surface area (Å²) in [5.74, 6) is 1.53. The van der Waals surface area contributed by atoms with Gasteiger partial charge in [-0.15, -0.1) is 11.6 Å². The Morgan fingerprint density at radius 1 is 1.25 bits per heavy atom. The van der Waals surface area contributed by atoms with Crippen molar-refractivity contribution in [2.45, 2.75) is 44.1 Å². The summed E-state index contributed by atoms with van der Waals surface area (Å²) in [5, 5.41) is 0. The molecule has 2 atom stereocenters. The van der Waals surface area contributed by atoms with Crippen LogP contribution in [0.4, 0.5) is 0 Å². The van der Waals surface area contributed by atoms with Gasteiger partial charge in [0.1, 0.15) is 5.82 Å². The number of aromatic nitrogens is 2. The minimum Gasteiger partial charge on any atom is -0.322 e. The molecule has 0 radical (unpaired) electrons. The zero-order valence-electron chi connectivity index (χ0n) is 11.8. The molecule has 2 aromatic rings. The van der Waals surface area contributed by atoms with E-state index in [2.05, 4.69) is 34.6 Å². The molecule has 1 aromatic carbocycles. The number of aryl methyl sites for hydroxylation is 1. The Bertz CT molecular complexity index is 648. The molecular weight excluding hydrogens is 270 g/mol. The molecule has 106 valence electrons. The normalized spacial score (nSPS) is 26.5. The predicted molar refractivity (Wildman–Crippen MR) is 82.3 cm³/mol. The van der Waals surface area contributed by atoms with E-state index in [4.69, 9.17) is 16.6 Å². The van der Waals surface area contributed by atoms with Crippen LogP contribution in [0.2, 0.25) is 0 Å². The highest BCUT2D eigenvalue weighted by atomic mass is 35.5. The van der Waals surface area contributed by atoms with E-state index in [0.29, 0.717) is 18.0 Å². The number of rotatable bonds is 2. The van der Waals surface area contributed by atoms with Gasteiger partial charge in [0.2, 0.25) is 0 Å². The molecule has 4 rings (SSSR count). The van der Waals surface area contributed by atoms with Crippen molar-refractivity contribution in [1.82, 2.24) is 14.5 Å². The van der Waals surface area contributed by atoms with Gasteiger partial charge in [-0.2, -0.15) is 0 Å². The summed E-state index contributed by atoms with van der Waals surface area (Å²) in [7, 11) is 0. The molecule has 1 aromatic heterocycles. The van der Waals surface area contributed by atoms with Crippen molar-refractivity contribution in [2.24, 2.45) is 0 Å². The van der Waals surface area contributed by atoms with E-state index < -0.39 is 0 Å². The fraction of sp³-hybridized carbons (Fsp3) is 0.562. The maximum Gasteiger partial charge on any atom is 0.125 e. The van der Waals surface area contributed by atoms with Crippen LogP contribution in [0, 0.1) is 6.92 Å². The zero-order valence-corrected chi connectivity index (χ0v) is 12.6. The summed E-state index contributed by atoms with van der Waals surface area (Å²) in [6, 6.07) is 7.76. The van der Waals surface area contributed by atoms with Gasteiger partial charge in [-0.25, -0.2) is 4.98 Å². The third kappa shape index (κ3) is 1.80.